The van der Waals surface area contributed by atoms with Crippen molar-refractivity contribution < 1.29 is 34.0 Å². The predicted molar refractivity (Wildman–Crippen MR) is 59.6 cm³/mol. The molecule has 0 atom stereocenters. The molecular formula is C9H17N3O7. The highest BCUT2D eigenvalue weighted by molar-refractivity contribution is 5.66. The fourth-order valence-corrected chi connectivity index (χ4v) is 0.914. The van der Waals surface area contributed by atoms with Crippen molar-refractivity contribution in [3.8, 4) is 0 Å². The Kier molecular flexibility index (Phi) is 8.58. The average Bonchev–Trinajstić information content (AvgIpc) is 2.34. The number of ether oxygens (including phenoxy) is 2. The molecule has 0 spiro atoms. The lowest BCUT2D eigenvalue weighted by Gasteiger charge is -2.11. The molecule has 0 aliphatic carbocycles. The Morgan fingerprint density at radius 2 is 2.11 bits per heavy atom. The average molecular weight is 279 g/mol. The number of hydrogen-bond acceptors (Lipinski definition) is 7. The van der Waals surface area contributed by atoms with Gasteiger partial charge in [0.25, 0.3) is 6.79 Å². The van der Waals surface area contributed by atoms with Crippen molar-refractivity contribution in [3.05, 3.63) is 5.21 Å². The van der Waals surface area contributed by atoms with Crippen LogP contribution in [0.5, 0.6) is 0 Å². The molecule has 0 unspecified atom stereocenters. The number of rotatable bonds is 9. The normalized spacial score (nSPS) is 10.7. The Labute approximate surface area is 109 Å². The fourth-order valence-electron chi connectivity index (χ4n) is 0.914. The van der Waals surface area contributed by atoms with Gasteiger partial charge in [0.15, 0.2) is 0 Å². The van der Waals surface area contributed by atoms with Gasteiger partial charge in [0, 0.05) is 6.42 Å². The molecule has 0 bridgehead atoms. The summed E-state index contributed by atoms with van der Waals surface area (Å²) in [6.45, 7) is 1.41. The molecule has 1 N–H and O–H groups in total. The minimum atomic E-state index is -0.943. The lowest BCUT2D eigenvalue weighted by atomic mass is 10.3. The van der Waals surface area contributed by atoms with Crippen molar-refractivity contribution in [3.63, 3.8) is 0 Å². The van der Waals surface area contributed by atoms with E-state index in [4.69, 9.17) is 5.11 Å². The van der Waals surface area contributed by atoms with Crippen LogP contribution in [0.1, 0.15) is 19.8 Å². The third-order valence-electron chi connectivity index (χ3n) is 1.78. The number of carbonyl (C=O) groups is 2. The van der Waals surface area contributed by atoms with E-state index in [0.29, 0.717) is 6.42 Å². The summed E-state index contributed by atoms with van der Waals surface area (Å²) in [4.78, 5) is 25.5. The van der Waals surface area contributed by atoms with E-state index in [1.807, 2.05) is 0 Å². The van der Waals surface area contributed by atoms with Crippen LogP contribution in [0.15, 0.2) is 5.28 Å². The zero-order chi connectivity index (χ0) is 14.7. The molecule has 0 aromatic rings. The number of carboxylic acid groups (broad SMARTS) is 1. The van der Waals surface area contributed by atoms with Crippen molar-refractivity contribution >= 4 is 12.1 Å². The Balaban J connectivity index is 3.79. The van der Waals surface area contributed by atoms with Crippen LogP contribution < -0.4 is 0 Å². The maximum absolute atomic E-state index is 11.2. The molecule has 0 radical (unpaired) electrons. The van der Waals surface area contributed by atoms with Gasteiger partial charge in [0.2, 0.25) is 5.28 Å². The van der Waals surface area contributed by atoms with E-state index in [0.717, 1.165) is 5.01 Å². The van der Waals surface area contributed by atoms with E-state index in [1.54, 1.807) is 6.92 Å². The first-order chi connectivity index (χ1) is 8.97. The molecule has 19 heavy (non-hydrogen) atoms. The summed E-state index contributed by atoms with van der Waals surface area (Å²) in [5, 5.41) is 23.8. The summed E-state index contributed by atoms with van der Waals surface area (Å²) in [6, 6.07) is 0. The van der Waals surface area contributed by atoms with Crippen LogP contribution in [0.3, 0.4) is 0 Å². The first-order valence-electron chi connectivity index (χ1n) is 5.50. The van der Waals surface area contributed by atoms with Gasteiger partial charge in [0.05, 0.1) is 25.2 Å². The molecular weight excluding hydrogens is 262 g/mol. The molecule has 0 aromatic carbocycles. The molecule has 0 saturated heterocycles. The van der Waals surface area contributed by atoms with Gasteiger partial charge in [0.1, 0.15) is 0 Å². The Hall–Kier alpha value is -2.26. The maximum Gasteiger partial charge on any atom is 0.511 e. The van der Waals surface area contributed by atoms with Crippen LogP contribution in [0.25, 0.3) is 0 Å². The minimum Gasteiger partial charge on any atom is -0.569 e. The minimum absolute atomic E-state index is 0.0506. The van der Waals surface area contributed by atoms with Crippen LogP contribution in [-0.2, 0) is 19.1 Å². The molecule has 0 aromatic heterocycles. The zero-order valence-electron chi connectivity index (χ0n) is 10.8. The third-order valence-corrected chi connectivity index (χ3v) is 1.78. The quantitative estimate of drug-likeness (QED) is 0.163. The number of hydrazine groups is 1. The summed E-state index contributed by atoms with van der Waals surface area (Å²) in [5.41, 5.74) is 0. The summed E-state index contributed by atoms with van der Waals surface area (Å²) < 4.78 is 8.82. The van der Waals surface area contributed by atoms with Crippen LogP contribution in [-0.4, -0.2) is 54.2 Å². The first kappa shape index (κ1) is 16.7. The SMILES string of the molecule is CCOC(=O)OCON=[N+]([O-])N(C)CCCC(=O)O. The first-order valence-corrected chi connectivity index (χ1v) is 5.50. The van der Waals surface area contributed by atoms with E-state index < -0.39 is 18.9 Å². The second-order valence-electron chi connectivity index (χ2n) is 3.29. The molecule has 0 heterocycles. The smallest absolute Gasteiger partial charge is 0.511 e. The van der Waals surface area contributed by atoms with E-state index in [1.165, 1.54) is 7.05 Å². The van der Waals surface area contributed by atoms with Gasteiger partial charge < -0.3 is 24.6 Å². The molecule has 10 nitrogen and oxygen atoms in total. The summed E-state index contributed by atoms with van der Waals surface area (Å²) in [7, 11) is 1.41. The molecule has 110 valence electrons. The van der Waals surface area contributed by atoms with E-state index >= 15 is 0 Å². The zero-order valence-corrected chi connectivity index (χ0v) is 10.8. The largest absolute Gasteiger partial charge is 0.569 e. The highest BCUT2D eigenvalue weighted by Crippen LogP contribution is 1.95. The lowest BCUT2D eigenvalue weighted by molar-refractivity contribution is -0.706. The van der Waals surface area contributed by atoms with Gasteiger partial charge in [-0.25, -0.2) is 4.79 Å². The van der Waals surface area contributed by atoms with Gasteiger partial charge in [-0.3, -0.25) is 4.79 Å². The topological polar surface area (TPSA) is 124 Å². The van der Waals surface area contributed by atoms with Gasteiger partial charge >= 0.3 is 12.1 Å². The fraction of sp³-hybridized carbons (Fsp3) is 0.778. The molecule has 0 amide bonds. The van der Waals surface area contributed by atoms with E-state index in [-0.39, 0.29) is 24.5 Å². The molecule has 0 saturated carbocycles. The van der Waals surface area contributed by atoms with Crippen LogP contribution in [0, 0.1) is 5.21 Å². The van der Waals surface area contributed by atoms with Gasteiger partial charge in [-0.1, -0.05) is 0 Å². The van der Waals surface area contributed by atoms with Gasteiger partial charge in [-0.05, 0) is 13.3 Å². The van der Waals surface area contributed by atoms with Crippen molar-refractivity contribution in [2.75, 3.05) is 27.0 Å². The third kappa shape index (κ3) is 9.44. The van der Waals surface area contributed by atoms with E-state index in [9.17, 15) is 14.8 Å². The second-order valence-corrected chi connectivity index (χ2v) is 3.29. The molecule has 0 aliphatic heterocycles. The standard InChI is InChI=1S/C9H17N3O7/c1-3-17-9(15)18-7-19-10-12(16)11(2)6-4-5-8(13)14/h3-7H2,1-2H3,(H,13,14). The van der Waals surface area contributed by atoms with Gasteiger partial charge in [-0.15, -0.1) is 5.01 Å². The molecule has 0 aliphatic rings. The predicted octanol–water partition coefficient (Wildman–Crippen LogP) is 0.723. The van der Waals surface area contributed by atoms with Gasteiger partial charge in [-0.2, -0.15) is 0 Å². The summed E-state index contributed by atoms with van der Waals surface area (Å²) in [6.07, 6.45) is -0.685. The number of carboxylic acids is 1. The van der Waals surface area contributed by atoms with E-state index in [2.05, 4.69) is 19.6 Å². The lowest BCUT2D eigenvalue weighted by Crippen LogP contribution is -2.28. The monoisotopic (exact) mass is 279 g/mol. The van der Waals surface area contributed by atoms with Crippen LogP contribution >= 0.6 is 0 Å². The Bertz CT molecular complexity index is 321. The van der Waals surface area contributed by atoms with Crippen molar-refractivity contribution in [2.45, 2.75) is 19.8 Å². The highest BCUT2D eigenvalue weighted by Gasteiger charge is 2.08. The van der Waals surface area contributed by atoms with Crippen molar-refractivity contribution in [1.82, 2.24) is 5.01 Å². The number of nitrogens with zero attached hydrogens (tertiary/aromatic N) is 3. The second kappa shape index (κ2) is 9.74. The highest BCUT2D eigenvalue weighted by atomic mass is 16.8. The van der Waals surface area contributed by atoms with Crippen molar-refractivity contribution in [2.24, 2.45) is 5.28 Å². The number of carbonyl (C=O) groups excluding carboxylic acids is 1. The Morgan fingerprint density at radius 1 is 1.42 bits per heavy atom. The molecule has 0 fully saturated rings. The Morgan fingerprint density at radius 3 is 2.68 bits per heavy atom. The van der Waals surface area contributed by atoms with Crippen LogP contribution in [0.4, 0.5) is 4.79 Å². The van der Waals surface area contributed by atoms with Crippen molar-refractivity contribution in [1.29, 1.82) is 0 Å². The number of aliphatic carboxylic acids is 1. The molecule has 10 heteroatoms. The molecule has 0 rings (SSSR count). The van der Waals surface area contributed by atoms with Crippen LogP contribution in [0.2, 0.25) is 0 Å². The maximum atomic E-state index is 11.2. The summed E-state index contributed by atoms with van der Waals surface area (Å²) >= 11 is 0. The number of hydrogen-bond donors (Lipinski definition) is 1. The summed E-state index contributed by atoms with van der Waals surface area (Å²) in [5.74, 6) is -0.943.